The van der Waals surface area contributed by atoms with E-state index in [0.29, 0.717) is 23.7 Å². The maximum absolute atomic E-state index is 11.7. The number of aliphatic hydroxyl groups excluding tert-OH is 1. The molecular formula is C14H16ClN3O2. The van der Waals surface area contributed by atoms with Crippen LogP contribution in [0.25, 0.3) is 0 Å². The topological polar surface area (TPSA) is 67.2 Å². The molecule has 2 rings (SSSR count). The number of nitrogens with one attached hydrogen (secondary N) is 1. The van der Waals surface area contributed by atoms with E-state index in [4.69, 9.17) is 11.6 Å². The zero-order chi connectivity index (χ0) is 14.4. The van der Waals surface area contributed by atoms with Crippen molar-refractivity contribution in [1.82, 2.24) is 14.9 Å². The Labute approximate surface area is 122 Å². The molecule has 1 aromatic carbocycles. The molecule has 1 aromatic heterocycles. The molecule has 0 aliphatic rings. The summed E-state index contributed by atoms with van der Waals surface area (Å²) in [7, 11) is 0. The van der Waals surface area contributed by atoms with Gasteiger partial charge in [-0.1, -0.05) is 23.7 Å². The number of hydrogen-bond acceptors (Lipinski definition) is 3. The van der Waals surface area contributed by atoms with Gasteiger partial charge in [0.2, 0.25) is 5.91 Å². The molecule has 6 heteroatoms. The van der Waals surface area contributed by atoms with Crippen LogP contribution in [-0.2, 0) is 11.3 Å². The summed E-state index contributed by atoms with van der Waals surface area (Å²) in [4.78, 5) is 15.6. The van der Waals surface area contributed by atoms with Crippen LogP contribution in [0, 0.1) is 0 Å². The summed E-state index contributed by atoms with van der Waals surface area (Å²) in [5.41, 5.74) is 0.680. The number of carbonyl (C=O) groups excluding carboxylic acids is 1. The zero-order valence-electron chi connectivity index (χ0n) is 10.9. The molecule has 1 heterocycles. The number of benzene rings is 1. The molecule has 0 fully saturated rings. The van der Waals surface area contributed by atoms with Crippen LogP contribution in [-0.4, -0.2) is 27.1 Å². The molecule has 2 aromatic rings. The van der Waals surface area contributed by atoms with Crippen LogP contribution in [0.5, 0.6) is 0 Å². The van der Waals surface area contributed by atoms with Crippen LogP contribution in [0.1, 0.15) is 18.1 Å². The fraction of sp³-hybridized carbons (Fsp3) is 0.286. The predicted octanol–water partition coefficient (Wildman–Crippen LogP) is 1.78. The average molecular weight is 294 g/mol. The fourth-order valence-corrected chi connectivity index (χ4v) is 1.92. The van der Waals surface area contributed by atoms with E-state index < -0.39 is 6.10 Å². The van der Waals surface area contributed by atoms with Gasteiger partial charge < -0.3 is 15.0 Å². The lowest BCUT2D eigenvalue weighted by Crippen LogP contribution is -2.28. The third-order valence-electron chi connectivity index (χ3n) is 2.88. The van der Waals surface area contributed by atoms with Gasteiger partial charge in [-0.2, -0.15) is 0 Å². The van der Waals surface area contributed by atoms with Crippen molar-refractivity contribution < 1.29 is 9.90 Å². The third kappa shape index (κ3) is 4.36. The standard InChI is InChI=1S/C14H16ClN3O2/c15-12-3-1-11(2-4-12)13(19)9-14(20)17-6-8-18-7-5-16-10-18/h1-5,7,10,13,19H,6,8-9H2,(H,17,20). The normalized spacial score (nSPS) is 12.1. The quantitative estimate of drug-likeness (QED) is 0.853. The van der Waals surface area contributed by atoms with Gasteiger partial charge >= 0.3 is 0 Å². The van der Waals surface area contributed by atoms with Crippen LogP contribution >= 0.6 is 11.6 Å². The molecular weight excluding hydrogens is 278 g/mol. The number of carbonyl (C=O) groups is 1. The number of nitrogens with zero attached hydrogens (tertiary/aromatic N) is 2. The number of halogens is 1. The van der Waals surface area contributed by atoms with E-state index in [-0.39, 0.29) is 12.3 Å². The third-order valence-corrected chi connectivity index (χ3v) is 3.14. The number of aromatic nitrogens is 2. The molecule has 2 N–H and O–H groups in total. The summed E-state index contributed by atoms with van der Waals surface area (Å²) in [5.74, 6) is -0.187. The number of rotatable bonds is 6. The Hall–Kier alpha value is -1.85. The second-order valence-electron chi connectivity index (χ2n) is 4.42. The second-order valence-corrected chi connectivity index (χ2v) is 4.86. The van der Waals surface area contributed by atoms with Gasteiger partial charge in [0, 0.05) is 30.5 Å². The highest BCUT2D eigenvalue weighted by Crippen LogP contribution is 2.18. The van der Waals surface area contributed by atoms with Crippen molar-refractivity contribution in [2.75, 3.05) is 6.54 Å². The summed E-state index contributed by atoms with van der Waals surface area (Å²) in [6, 6.07) is 6.81. The minimum absolute atomic E-state index is 0.0333. The Morgan fingerprint density at radius 2 is 2.15 bits per heavy atom. The Morgan fingerprint density at radius 3 is 2.80 bits per heavy atom. The van der Waals surface area contributed by atoms with E-state index in [2.05, 4.69) is 10.3 Å². The molecule has 1 unspecified atom stereocenters. The summed E-state index contributed by atoms with van der Waals surface area (Å²) < 4.78 is 1.87. The molecule has 5 nitrogen and oxygen atoms in total. The average Bonchev–Trinajstić information content (AvgIpc) is 2.92. The van der Waals surface area contributed by atoms with Crippen molar-refractivity contribution in [3.63, 3.8) is 0 Å². The Kier molecular flexibility index (Phi) is 5.15. The molecule has 0 aliphatic heterocycles. The van der Waals surface area contributed by atoms with Gasteiger partial charge in [-0.15, -0.1) is 0 Å². The first kappa shape index (κ1) is 14.6. The van der Waals surface area contributed by atoms with E-state index in [0.717, 1.165) is 0 Å². The van der Waals surface area contributed by atoms with Gasteiger partial charge in [0.05, 0.1) is 18.9 Å². The van der Waals surface area contributed by atoms with Crippen LogP contribution in [0.4, 0.5) is 0 Å². The van der Waals surface area contributed by atoms with Crippen molar-refractivity contribution in [2.45, 2.75) is 19.1 Å². The monoisotopic (exact) mass is 293 g/mol. The van der Waals surface area contributed by atoms with E-state index in [1.165, 1.54) is 0 Å². The maximum atomic E-state index is 11.7. The van der Waals surface area contributed by atoms with Gasteiger partial charge in [-0.05, 0) is 17.7 Å². The van der Waals surface area contributed by atoms with Crippen LogP contribution in [0.15, 0.2) is 43.0 Å². The fourth-order valence-electron chi connectivity index (χ4n) is 1.79. The van der Waals surface area contributed by atoms with Crippen molar-refractivity contribution in [3.8, 4) is 0 Å². The largest absolute Gasteiger partial charge is 0.388 e. The number of amides is 1. The van der Waals surface area contributed by atoms with Crippen molar-refractivity contribution in [1.29, 1.82) is 0 Å². The Morgan fingerprint density at radius 1 is 1.40 bits per heavy atom. The van der Waals surface area contributed by atoms with Gasteiger partial charge in [-0.25, -0.2) is 4.98 Å². The highest BCUT2D eigenvalue weighted by Gasteiger charge is 2.12. The molecule has 0 bridgehead atoms. The number of aliphatic hydroxyl groups is 1. The zero-order valence-corrected chi connectivity index (χ0v) is 11.6. The minimum Gasteiger partial charge on any atom is -0.388 e. The van der Waals surface area contributed by atoms with Crippen molar-refractivity contribution in [2.24, 2.45) is 0 Å². The summed E-state index contributed by atoms with van der Waals surface area (Å²) in [6.07, 6.45) is 4.42. The van der Waals surface area contributed by atoms with Gasteiger partial charge in [0.1, 0.15) is 0 Å². The molecule has 1 amide bonds. The Balaban J connectivity index is 1.74. The summed E-state index contributed by atoms with van der Waals surface area (Å²) in [5, 5.41) is 13.3. The molecule has 1 atom stereocenters. The van der Waals surface area contributed by atoms with Crippen LogP contribution in [0.2, 0.25) is 5.02 Å². The van der Waals surface area contributed by atoms with Gasteiger partial charge in [0.15, 0.2) is 0 Å². The molecule has 0 saturated heterocycles. The SMILES string of the molecule is O=C(CC(O)c1ccc(Cl)cc1)NCCn1ccnc1. The molecule has 0 aliphatic carbocycles. The first-order valence-electron chi connectivity index (χ1n) is 6.31. The molecule has 0 saturated carbocycles. The smallest absolute Gasteiger partial charge is 0.223 e. The van der Waals surface area contributed by atoms with E-state index >= 15 is 0 Å². The van der Waals surface area contributed by atoms with Gasteiger partial charge in [0.25, 0.3) is 0 Å². The number of imidazole rings is 1. The summed E-state index contributed by atoms with van der Waals surface area (Å²) in [6.45, 7) is 1.16. The Bertz CT molecular complexity index is 540. The van der Waals surface area contributed by atoms with Crippen molar-refractivity contribution in [3.05, 3.63) is 53.6 Å². The predicted molar refractivity (Wildman–Crippen MR) is 76.3 cm³/mol. The molecule has 0 radical (unpaired) electrons. The van der Waals surface area contributed by atoms with E-state index in [9.17, 15) is 9.90 Å². The summed E-state index contributed by atoms with van der Waals surface area (Å²) >= 11 is 5.77. The maximum Gasteiger partial charge on any atom is 0.223 e. The highest BCUT2D eigenvalue weighted by atomic mass is 35.5. The number of hydrogen-bond donors (Lipinski definition) is 2. The lowest BCUT2D eigenvalue weighted by molar-refractivity contribution is -0.123. The minimum atomic E-state index is -0.819. The van der Waals surface area contributed by atoms with E-state index in [1.54, 1.807) is 36.8 Å². The lowest BCUT2D eigenvalue weighted by Gasteiger charge is -2.11. The van der Waals surface area contributed by atoms with Crippen molar-refractivity contribution >= 4 is 17.5 Å². The molecule has 0 spiro atoms. The van der Waals surface area contributed by atoms with Crippen LogP contribution < -0.4 is 5.32 Å². The molecule has 106 valence electrons. The van der Waals surface area contributed by atoms with Crippen LogP contribution in [0.3, 0.4) is 0 Å². The first-order chi connectivity index (χ1) is 9.65. The first-order valence-corrected chi connectivity index (χ1v) is 6.69. The highest BCUT2D eigenvalue weighted by molar-refractivity contribution is 6.30. The lowest BCUT2D eigenvalue weighted by atomic mass is 10.1. The van der Waals surface area contributed by atoms with Gasteiger partial charge in [-0.3, -0.25) is 4.79 Å². The molecule has 20 heavy (non-hydrogen) atoms. The second kappa shape index (κ2) is 7.07. The van der Waals surface area contributed by atoms with E-state index in [1.807, 2.05) is 10.8 Å².